The SMILES string of the molecule is CCC(=O)c1ccc(CC)n2nc(CC)cc12. The Bertz CT molecular complexity index is 555. The first-order valence-corrected chi connectivity index (χ1v) is 6.24. The van der Waals surface area contributed by atoms with Gasteiger partial charge in [0, 0.05) is 17.7 Å². The molecule has 0 unspecified atom stereocenters. The van der Waals surface area contributed by atoms with Crippen molar-refractivity contribution in [3.05, 3.63) is 35.2 Å². The quantitative estimate of drug-likeness (QED) is 0.756. The van der Waals surface area contributed by atoms with Crippen molar-refractivity contribution in [2.75, 3.05) is 0 Å². The van der Waals surface area contributed by atoms with Gasteiger partial charge in [-0.3, -0.25) is 4.79 Å². The molecular formula is C14H18N2O. The Balaban J connectivity index is 2.71. The molecule has 0 aliphatic carbocycles. The van der Waals surface area contributed by atoms with Gasteiger partial charge in [-0.1, -0.05) is 20.8 Å². The summed E-state index contributed by atoms with van der Waals surface area (Å²) in [5.41, 5.74) is 3.92. The first-order valence-electron chi connectivity index (χ1n) is 6.24. The molecule has 0 aliphatic rings. The fourth-order valence-corrected chi connectivity index (χ4v) is 2.04. The molecule has 0 N–H and O–H groups in total. The minimum atomic E-state index is 0.181. The molecule has 0 fully saturated rings. The standard InChI is InChI=1S/C14H18N2O/c1-4-10-9-13-12(14(17)6-3)8-7-11(5-2)16(13)15-10/h7-9H,4-6H2,1-3H3. The van der Waals surface area contributed by atoms with Gasteiger partial charge in [-0.15, -0.1) is 0 Å². The lowest BCUT2D eigenvalue weighted by Gasteiger charge is -2.05. The fraction of sp³-hybridized carbons (Fsp3) is 0.429. The van der Waals surface area contributed by atoms with E-state index < -0.39 is 0 Å². The number of fused-ring (bicyclic) bond motifs is 1. The molecule has 2 aromatic heterocycles. The molecule has 2 heterocycles. The summed E-state index contributed by atoms with van der Waals surface area (Å²) < 4.78 is 1.92. The lowest BCUT2D eigenvalue weighted by molar-refractivity contribution is 0.0989. The second-order valence-electron chi connectivity index (χ2n) is 4.15. The van der Waals surface area contributed by atoms with E-state index in [-0.39, 0.29) is 5.78 Å². The topological polar surface area (TPSA) is 34.4 Å². The van der Waals surface area contributed by atoms with Crippen molar-refractivity contribution < 1.29 is 4.79 Å². The molecule has 0 saturated carbocycles. The van der Waals surface area contributed by atoms with E-state index in [1.165, 1.54) is 0 Å². The van der Waals surface area contributed by atoms with Gasteiger partial charge in [0.15, 0.2) is 5.78 Å². The van der Waals surface area contributed by atoms with E-state index >= 15 is 0 Å². The number of ketones is 1. The summed E-state index contributed by atoms with van der Waals surface area (Å²) in [6.45, 7) is 6.07. The Labute approximate surface area is 101 Å². The number of aromatic nitrogens is 2. The first kappa shape index (κ1) is 11.8. The third-order valence-corrected chi connectivity index (χ3v) is 3.10. The zero-order valence-corrected chi connectivity index (χ0v) is 10.7. The molecule has 0 aliphatic heterocycles. The molecule has 3 nitrogen and oxygen atoms in total. The number of Topliss-reactive ketones (excluding diaryl/α,β-unsaturated/α-hetero) is 1. The summed E-state index contributed by atoms with van der Waals surface area (Å²) >= 11 is 0. The molecule has 0 radical (unpaired) electrons. The summed E-state index contributed by atoms with van der Waals surface area (Å²) in [6.07, 6.45) is 2.35. The number of carbonyl (C=O) groups excluding carboxylic acids is 1. The summed E-state index contributed by atoms with van der Waals surface area (Å²) in [4.78, 5) is 11.9. The average Bonchev–Trinajstić information content (AvgIpc) is 2.80. The minimum Gasteiger partial charge on any atom is -0.294 e. The highest BCUT2D eigenvalue weighted by molar-refractivity contribution is 6.02. The molecule has 0 amide bonds. The van der Waals surface area contributed by atoms with E-state index in [0.29, 0.717) is 6.42 Å². The summed E-state index contributed by atoms with van der Waals surface area (Å²) in [6, 6.07) is 5.96. The second-order valence-corrected chi connectivity index (χ2v) is 4.15. The third-order valence-electron chi connectivity index (χ3n) is 3.10. The molecule has 2 rings (SSSR count). The van der Waals surface area contributed by atoms with Crippen LogP contribution in [0.2, 0.25) is 0 Å². The Hall–Kier alpha value is -1.64. The van der Waals surface area contributed by atoms with E-state index in [2.05, 4.69) is 18.9 Å². The van der Waals surface area contributed by atoms with Crippen LogP contribution in [-0.2, 0) is 12.8 Å². The van der Waals surface area contributed by atoms with Gasteiger partial charge < -0.3 is 0 Å². The Morgan fingerprint density at radius 3 is 2.59 bits per heavy atom. The van der Waals surface area contributed by atoms with Gasteiger partial charge in [0.05, 0.1) is 11.2 Å². The van der Waals surface area contributed by atoms with E-state index in [1.54, 1.807) is 0 Å². The van der Waals surface area contributed by atoms with Crippen LogP contribution in [-0.4, -0.2) is 15.4 Å². The van der Waals surface area contributed by atoms with Gasteiger partial charge in [0.1, 0.15) is 0 Å². The monoisotopic (exact) mass is 230 g/mol. The maximum Gasteiger partial charge on any atom is 0.164 e. The van der Waals surface area contributed by atoms with Crippen molar-refractivity contribution in [1.29, 1.82) is 0 Å². The number of rotatable bonds is 4. The highest BCUT2D eigenvalue weighted by Crippen LogP contribution is 2.18. The van der Waals surface area contributed by atoms with Crippen LogP contribution in [0.25, 0.3) is 5.52 Å². The van der Waals surface area contributed by atoms with Crippen LogP contribution in [0.15, 0.2) is 18.2 Å². The van der Waals surface area contributed by atoms with Crippen molar-refractivity contribution in [2.45, 2.75) is 40.0 Å². The van der Waals surface area contributed by atoms with Gasteiger partial charge in [-0.2, -0.15) is 5.10 Å². The van der Waals surface area contributed by atoms with Gasteiger partial charge in [-0.05, 0) is 31.0 Å². The maximum atomic E-state index is 11.9. The largest absolute Gasteiger partial charge is 0.294 e. The number of hydrogen-bond acceptors (Lipinski definition) is 2. The van der Waals surface area contributed by atoms with Crippen LogP contribution < -0.4 is 0 Å². The third kappa shape index (κ3) is 1.97. The smallest absolute Gasteiger partial charge is 0.164 e. The normalized spacial score (nSPS) is 11.0. The number of carbonyl (C=O) groups is 1. The predicted octanol–water partition coefficient (Wildman–Crippen LogP) is 3.05. The Morgan fingerprint density at radius 2 is 2.00 bits per heavy atom. The molecule has 3 heteroatoms. The molecule has 0 spiro atoms. The first-order chi connectivity index (χ1) is 8.21. The molecule has 0 bridgehead atoms. The van der Waals surface area contributed by atoms with Gasteiger partial charge >= 0.3 is 0 Å². The molecular weight excluding hydrogens is 212 g/mol. The van der Waals surface area contributed by atoms with Crippen molar-refractivity contribution in [1.82, 2.24) is 9.61 Å². The highest BCUT2D eigenvalue weighted by Gasteiger charge is 2.12. The van der Waals surface area contributed by atoms with Gasteiger partial charge in [-0.25, -0.2) is 4.52 Å². The van der Waals surface area contributed by atoms with Gasteiger partial charge in [0.2, 0.25) is 0 Å². The number of hydrogen-bond donors (Lipinski definition) is 0. The average molecular weight is 230 g/mol. The van der Waals surface area contributed by atoms with Crippen molar-refractivity contribution >= 4 is 11.3 Å². The number of pyridine rings is 1. The van der Waals surface area contributed by atoms with Crippen molar-refractivity contribution in [3.8, 4) is 0 Å². The zero-order chi connectivity index (χ0) is 12.4. The van der Waals surface area contributed by atoms with Crippen LogP contribution in [0.1, 0.15) is 48.9 Å². The molecule has 0 aromatic carbocycles. The number of nitrogens with zero attached hydrogens (tertiary/aromatic N) is 2. The van der Waals surface area contributed by atoms with E-state index in [4.69, 9.17) is 0 Å². The second kappa shape index (κ2) is 4.70. The lowest BCUT2D eigenvalue weighted by Crippen LogP contribution is -2.04. The molecule has 0 saturated heterocycles. The summed E-state index contributed by atoms with van der Waals surface area (Å²) in [7, 11) is 0. The molecule has 17 heavy (non-hydrogen) atoms. The van der Waals surface area contributed by atoms with E-state index in [9.17, 15) is 4.79 Å². The maximum absolute atomic E-state index is 11.9. The Kier molecular flexibility index (Phi) is 3.27. The zero-order valence-electron chi connectivity index (χ0n) is 10.7. The summed E-state index contributed by atoms with van der Waals surface area (Å²) in [5.74, 6) is 0.181. The van der Waals surface area contributed by atoms with Crippen LogP contribution in [0.4, 0.5) is 0 Å². The minimum absolute atomic E-state index is 0.181. The van der Waals surface area contributed by atoms with Crippen molar-refractivity contribution in [3.63, 3.8) is 0 Å². The van der Waals surface area contributed by atoms with Crippen LogP contribution in [0.3, 0.4) is 0 Å². The summed E-state index contributed by atoms with van der Waals surface area (Å²) in [5, 5.41) is 4.54. The highest BCUT2D eigenvalue weighted by atomic mass is 16.1. The van der Waals surface area contributed by atoms with Crippen LogP contribution >= 0.6 is 0 Å². The van der Waals surface area contributed by atoms with Crippen LogP contribution in [0.5, 0.6) is 0 Å². The molecule has 0 atom stereocenters. The van der Waals surface area contributed by atoms with E-state index in [0.717, 1.165) is 35.3 Å². The predicted molar refractivity (Wildman–Crippen MR) is 68.6 cm³/mol. The van der Waals surface area contributed by atoms with E-state index in [1.807, 2.05) is 29.6 Å². The van der Waals surface area contributed by atoms with Crippen molar-refractivity contribution in [2.24, 2.45) is 0 Å². The molecule has 2 aromatic rings. The Morgan fingerprint density at radius 1 is 1.24 bits per heavy atom. The fourth-order valence-electron chi connectivity index (χ4n) is 2.04. The van der Waals surface area contributed by atoms with Gasteiger partial charge in [0.25, 0.3) is 0 Å². The number of aryl methyl sites for hydroxylation is 2. The van der Waals surface area contributed by atoms with Crippen LogP contribution in [0, 0.1) is 0 Å². The lowest BCUT2D eigenvalue weighted by atomic mass is 10.1. The molecule has 90 valence electrons.